The molecule has 0 N–H and O–H groups in total. The van der Waals surface area contributed by atoms with Gasteiger partial charge in [-0.25, -0.2) is 0 Å². The summed E-state index contributed by atoms with van der Waals surface area (Å²) in [4.78, 5) is 10.9. The average Bonchev–Trinajstić information content (AvgIpc) is 2.56. The first-order valence-electron chi connectivity index (χ1n) is 25.7. The van der Waals surface area contributed by atoms with Crippen LogP contribution in [0.25, 0.3) is 157 Å². The Balaban J connectivity index is 0.000000132. The molecule has 0 aliphatic rings. The van der Waals surface area contributed by atoms with Gasteiger partial charge in [0.2, 0.25) is 0 Å². The highest BCUT2D eigenvalue weighted by atomic mass is 127. The molecule has 0 bridgehead atoms. The van der Waals surface area contributed by atoms with Crippen LogP contribution < -0.4 is 0 Å². The Bertz CT molecular complexity index is 5210. The topological polar surface area (TPSA) is 0 Å². The highest BCUT2D eigenvalue weighted by Crippen LogP contribution is 2.59. The van der Waals surface area contributed by atoms with Crippen LogP contribution in [0.15, 0.2) is 115 Å². The van der Waals surface area contributed by atoms with Gasteiger partial charge in [-0.2, -0.15) is 0 Å². The average molecular weight is 2010 g/mol. The predicted molar refractivity (Wildman–Crippen MR) is 440 cm³/mol. The van der Waals surface area contributed by atoms with E-state index >= 15 is 0 Å². The van der Waals surface area contributed by atoms with E-state index in [1.54, 1.807) is 0 Å². The first kappa shape index (κ1) is 57.6. The molecule has 18 aromatic rings. The Labute approximate surface area is 616 Å². The minimum Gasteiger partial charge on any atom is -0.133 e. The van der Waals surface area contributed by atoms with Gasteiger partial charge in [-0.1, -0.05) is 48.5 Å². The fourth-order valence-corrected chi connectivity index (χ4v) is 37.1. The molecular formula is C64H28Br4I4S12. The van der Waals surface area contributed by atoms with Crippen LogP contribution in [-0.4, -0.2) is 0 Å². The minimum absolute atomic E-state index is 1.20. The van der Waals surface area contributed by atoms with Gasteiger partial charge in [0.1, 0.15) is 0 Å². The second-order valence-corrected chi connectivity index (χ2v) is 40.7. The standard InChI is InChI=1S/C32H14Br4S6.C32H14I4S6/c2*1-11-3-5-13-17(7-11)37-27(21(13)33)31-23(35)29-25(41-31)15-9-20-16(10-19(15)39-29)26-30(40-20)24(36)32(42-26)28-22(34)14-6-4-12(2)8-18(14)38-28/h2*3-10H,1-2H3. The summed E-state index contributed by atoms with van der Waals surface area (Å²) in [5.74, 6) is 0. The second kappa shape index (κ2) is 21.6. The van der Waals surface area contributed by atoms with Crippen molar-refractivity contribution >= 4 is 408 Å². The molecule has 0 spiro atoms. The Morgan fingerprint density at radius 1 is 0.226 bits per heavy atom. The van der Waals surface area contributed by atoms with E-state index in [2.05, 4.69) is 279 Å². The number of halogens is 8. The fraction of sp³-hybridized carbons (Fsp3) is 0.0625. The highest BCUT2D eigenvalue weighted by Gasteiger charge is 2.28. The maximum atomic E-state index is 4.02. The summed E-state index contributed by atoms with van der Waals surface area (Å²) >= 11 is 49.4. The maximum absolute atomic E-state index is 4.02. The molecule has 0 nitrogen and oxygen atoms in total. The van der Waals surface area contributed by atoms with E-state index in [1.165, 1.54) is 212 Å². The minimum atomic E-state index is 1.20. The Morgan fingerprint density at radius 3 is 0.833 bits per heavy atom. The molecule has 0 aliphatic carbocycles. The first-order chi connectivity index (χ1) is 40.5. The van der Waals surface area contributed by atoms with Crippen molar-refractivity contribution in [2.45, 2.75) is 27.7 Å². The molecule has 20 heteroatoms. The van der Waals surface area contributed by atoms with Gasteiger partial charge in [0.15, 0.2) is 0 Å². The summed E-state index contributed by atoms with van der Waals surface area (Å²) in [7, 11) is 0. The van der Waals surface area contributed by atoms with Crippen LogP contribution in [0.5, 0.6) is 0 Å². The zero-order valence-corrected chi connectivity index (χ0v) is 67.9. The molecule has 12 aromatic heterocycles. The molecular weight excluding hydrogens is 1980 g/mol. The molecule has 18 rings (SSSR count). The number of rotatable bonds is 4. The third-order valence-corrected chi connectivity index (χ3v) is 41.9. The third kappa shape index (κ3) is 8.95. The van der Waals surface area contributed by atoms with Crippen molar-refractivity contribution in [1.82, 2.24) is 0 Å². The highest BCUT2D eigenvalue weighted by molar-refractivity contribution is 14.1. The molecule has 6 aromatic carbocycles. The van der Waals surface area contributed by atoms with Crippen LogP contribution >= 0.6 is 290 Å². The van der Waals surface area contributed by atoms with Crippen molar-refractivity contribution in [3.05, 3.63) is 151 Å². The van der Waals surface area contributed by atoms with Crippen LogP contribution in [0.1, 0.15) is 22.3 Å². The van der Waals surface area contributed by atoms with Gasteiger partial charge in [0, 0.05) is 96.8 Å². The molecule has 12 heterocycles. The number of benzene rings is 6. The molecule has 0 aliphatic heterocycles. The van der Waals surface area contributed by atoms with Crippen molar-refractivity contribution in [1.29, 1.82) is 0 Å². The van der Waals surface area contributed by atoms with Gasteiger partial charge < -0.3 is 0 Å². The summed E-state index contributed by atoms with van der Waals surface area (Å²) in [5, 5.41) is 10.9. The van der Waals surface area contributed by atoms with Gasteiger partial charge in [0.05, 0.1) is 92.7 Å². The van der Waals surface area contributed by atoms with E-state index in [4.69, 9.17) is 0 Å². The summed E-state index contributed by atoms with van der Waals surface area (Å²) in [6.07, 6.45) is 0. The van der Waals surface area contributed by atoms with E-state index in [0.717, 1.165) is 0 Å². The van der Waals surface area contributed by atoms with Gasteiger partial charge in [-0.05, 0) is 253 Å². The smallest absolute Gasteiger partial charge is 0.0618 e. The normalized spacial score (nSPS) is 12.5. The number of hydrogen-bond acceptors (Lipinski definition) is 12. The SMILES string of the molecule is Cc1ccc2c(Br)c(-c3sc4c(sc5cc6c(cc54)sc4c(Br)c(-c5sc7cc(C)ccc7c5Br)sc46)c3Br)sc2c1.Cc1ccc2c(I)c(-c3sc4c(sc5cc6c(cc54)sc4c(I)c(-c5sc7cc(C)ccc7c5I)sc46)c3I)sc2c1. The van der Waals surface area contributed by atoms with Crippen LogP contribution in [0.2, 0.25) is 0 Å². The zero-order valence-electron chi connectivity index (χ0n) is 43.2. The first-order valence-corrected chi connectivity index (χ1v) is 43.0. The van der Waals surface area contributed by atoms with Crippen LogP contribution in [0, 0.1) is 42.0 Å². The monoisotopic (exact) mass is 2000 g/mol. The molecule has 0 fully saturated rings. The van der Waals surface area contributed by atoms with E-state index in [0.29, 0.717) is 0 Å². The Hall–Kier alpha value is -0.320. The van der Waals surface area contributed by atoms with E-state index < -0.39 is 0 Å². The third-order valence-electron chi connectivity index (χ3n) is 15.2. The van der Waals surface area contributed by atoms with Crippen LogP contribution in [-0.2, 0) is 0 Å². The molecule has 412 valence electrons. The van der Waals surface area contributed by atoms with Crippen molar-refractivity contribution in [2.75, 3.05) is 0 Å². The zero-order chi connectivity index (χ0) is 57.2. The molecule has 0 unspecified atom stereocenters. The van der Waals surface area contributed by atoms with Gasteiger partial charge in [-0.3, -0.25) is 0 Å². The van der Waals surface area contributed by atoms with Crippen LogP contribution in [0.4, 0.5) is 0 Å². The molecule has 0 amide bonds. The molecule has 84 heavy (non-hydrogen) atoms. The predicted octanol–water partition coefficient (Wildman–Crippen LogP) is 31.3. The number of thiophene rings is 12. The van der Waals surface area contributed by atoms with Crippen molar-refractivity contribution in [3.63, 3.8) is 0 Å². The van der Waals surface area contributed by atoms with E-state index in [9.17, 15) is 0 Å². The summed E-state index contributed by atoms with van der Waals surface area (Å²) in [6, 6.07) is 37.0. The number of fused-ring (bicyclic) bond motifs is 16. The lowest BCUT2D eigenvalue weighted by Gasteiger charge is -1.98. The lowest BCUT2D eigenvalue weighted by Crippen LogP contribution is -1.74. The molecule has 0 saturated heterocycles. The van der Waals surface area contributed by atoms with E-state index in [-0.39, 0.29) is 0 Å². The second-order valence-electron chi connectivity index (χ2n) is 20.7. The Kier molecular flexibility index (Phi) is 14.8. The molecule has 0 radical (unpaired) electrons. The van der Waals surface area contributed by atoms with Crippen molar-refractivity contribution < 1.29 is 0 Å². The number of hydrogen-bond donors (Lipinski definition) is 0. The van der Waals surface area contributed by atoms with Gasteiger partial charge >= 0.3 is 0 Å². The largest absolute Gasteiger partial charge is 0.133 e. The maximum Gasteiger partial charge on any atom is 0.0618 e. The lowest BCUT2D eigenvalue weighted by molar-refractivity contribution is 1.52. The summed E-state index contributed by atoms with van der Waals surface area (Å²) in [6.45, 7) is 8.69. The van der Waals surface area contributed by atoms with Crippen molar-refractivity contribution in [3.8, 4) is 39.0 Å². The molecule has 0 saturated carbocycles. The van der Waals surface area contributed by atoms with Crippen molar-refractivity contribution in [2.24, 2.45) is 0 Å². The quantitative estimate of drug-likeness (QED) is 0.154. The molecule has 0 atom stereocenters. The van der Waals surface area contributed by atoms with E-state index in [1.807, 2.05) is 136 Å². The van der Waals surface area contributed by atoms with Crippen LogP contribution in [0.3, 0.4) is 0 Å². The Morgan fingerprint density at radius 2 is 0.476 bits per heavy atom. The van der Waals surface area contributed by atoms with Gasteiger partial charge in [0.25, 0.3) is 0 Å². The fourth-order valence-electron chi connectivity index (χ4n) is 11.1. The number of aryl methyl sites for hydroxylation is 4. The lowest BCUT2D eigenvalue weighted by atomic mass is 10.2. The summed E-state index contributed by atoms with van der Waals surface area (Å²) in [5.41, 5.74) is 5.25. The van der Waals surface area contributed by atoms with Gasteiger partial charge in [-0.15, -0.1) is 136 Å². The summed E-state index contributed by atoms with van der Waals surface area (Å²) < 4.78 is 32.6.